The van der Waals surface area contributed by atoms with Crippen molar-refractivity contribution in [2.75, 3.05) is 13.6 Å². The highest BCUT2D eigenvalue weighted by atomic mass is 15.1. The van der Waals surface area contributed by atoms with E-state index < -0.39 is 0 Å². The molecule has 0 unspecified atom stereocenters. The van der Waals surface area contributed by atoms with Gasteiger partial charge in [-0.25, -0.2) is 0 Å². The molecule has 0 amide bonds. The maximum absolute atomic E-state index is 4.10. The molecule has 0 aromatic rings. The summed E-state index contributed by atoms with van der Waals surface area (Å²) in [4.78, 5) is 2.27. The first-order valence-corrected chi connectivity index (χ1v) is 5.25. The highest BCUT2D eigenvalue weighted by Crippen LogP contribution is 2.23. The van der Waals surface area contributed by atoms with Crippen molar-refractivity contribution in [3.8, 4) is 0 Å². The quantitative estimate of drug-likeness (QED) is 0.628. The van der Waals surface area contributed by atoms with Gasteiger partial charge in [0.05, 0.1) is 0 Å². The Bertz CT molecular complexity index is 153. The van der Waals surface area contributed by atoms with Crippen molar-refractivity contribution in [3.05, 3.63) is 12.3 Å². The van der Waals surface area contributed by atoms with Gasteiger partial charge in [0.2, 0.25) is 0 Å². The lowest BCUT2D eigenvalue weighted by Gasteiger charge is -2.24. The number of rotatable bonds is 5. The average molecular weight is 183 g/mol. The maximum atomic E-state index is 4.10. The smallest absolute Gasteiger partial charge is 0.0168 e. The molecule has 0 rings (SSSR count). The monoisotopic (exact) mass is 183 g/mol. The van der Waals surface area contributed by atoms with Gasteiger partial charge in [-0.2, -0.15) is 0 Å². The van der Waals surface area contributed by atoms with Crippen molar-refractivity contribution in [3.63, 3.8) is 0 Å². The first-order chi connectivity index (χ1) is 5.87. The van der Waals surface area contributed by atoms with Crippen molar-refractivity contribution < 1.29 is 0 Å². The zero-order chi connectivity index (χ0) is 10.5. The minimum Gasteiger partial charge on any atom is -0.378 e. The highest BCUT2D eigenvalue weighted by molar-refractivity contribution is 4.93. The molecular formula is C12H25N. The Morgan fingerprint density at radius 3 is 2.23 bits per heavy atom. The molecule has 0 aromatic carbocycles. The molecule has 0 heterocycles. The molecule has 0 radical (unpaired) electrons. The molecular weight excluding hydrogens is 158 g/mol. The third-order valence-electron chi connectivity index (χ3n) is 2.26. The number of hydrogen-bond donors (Lipinski definition) is 0. The Balaban J connectivity index is 3.74. The fraction of sp³-hybridized carbons (Fsp3) is 0.833. The second kappa shape index (κ2) is 5.31. The molecule has 0 aromatic heterocycles. The zero-order valence-corrected chi connectivity index (χ0v) is 9.98. The second-order valence-corrected chi connectivity index (χ2v) is 5.05. The SMILES string of the molecule is C=C(CCC(C)(C)C)N(C)CCC. The minimum atomic E-state index is 0.427. The van der Waals surface area contributed by atoms with Crippen LogP contribution in [0.2, 0.25) is 0 Å². The third kappa shape index (κ3) is 6.68. The van der Waals surface area contributed by atoms with Crippen LogP contribution >= 0.6 is 0 Å². The minimum absolute atomic E-state index is 0.427. The fourth-order valence-electron chi connectivity index (χ4n) is 1.20. The van der Waals surface area contributed by atoms with Crippen LogP contribution in [0.5, 0.6) is 0 Å². The van der Waals surface area contributed by atoms with Gasteiger partial charge in [0.25, 0.3) is 0 Å². The zero-order valence-electron chi connectivity index (χ0n) is 9.98. The third-order valence-corrected chi connectivity index (χ3v) is 2.26. The normalized spacial score (nSPS) is 11.5. The van der Waals surface area contributed by atoms with Gasteiger partial charge in [-0.15, -0.1) is 0 Å². The van der Waals surface area contributed by atoms with Crippen LogP contribution in [-0.4, -0.2) is 18.5 Å². The Labute approximate surface area is 83.8 Å². The van der Waals surface area contributed by atoms with Gasteiger partial charge in [-0.05, 0) is 24.7 Å². The molecule has 1 nitrogen and oxygen atoms in total. The predicted molar refractivity (Wildman–Crippen MR) is 60.8 cm³/mol. The van der Waals surface area contributed by atoms with E-state index in [0.717, 1.165) is 13.0 Å². The van der Waals surface area contributed by atoms with Crippen molar-refractivity contribution in [1.82, 2.24) is 4.90 Å². The van der Waals surface area contributed by atoms with Gasteiger partial charge in [-0.1, -0.05) is 34.3 Å². The fourth-order valence-corrected chi connectivity index (χ4v) is 1.20. The Kier molecular flexibility index (Phi) is 5.12. The van der Waals surface area contributed by atoms with Crippen molar-refractivity contribution in [2.24, 2.45) is 5.41 Å². The number of allylic oxidation sites excluding steroid dienone is 1. The molecule has 0 N–H and O–H groups in total. The van der Waals surface area contributed by atoms with E-state index in [1.165, 1.54) is 18.5 Å². The van der Waals surface area contributed by atoms with Crippen molar-refractivity contribution in [1.29, 1.82) is 0 Å². The first kappa shape index (κ1) is 12.5. The van der Waals surface area contributed by atoms with Gasteiger partial charge < -0.3 is 4.90 Å². The second-order valence-electron chi connectivity index (χ2n) is 5.05. The van der Waals surface area contributed by atoms with Gasteiger partial charge in [0.15, 0.2) is 0 Å². The van der Waals surface area contributed by atoms with Crippen LogP contribution in [0, 0.1) is 5.41 Å². The summed E-state index contributed by atoms with van der Waals surface area (Å²) in [7, 11) is 2.13. The van der Waals surface area contributed by atoms with Crippen molar-refractivity contribution >= 4 is 0 Å². The summed E-state index contributed by atoms with van der Waals surface area (Å²) >= 11 is 0. The van der Waals surface area contributed by atoms with Crippen LogP contribution in [0.1, 0.15) is 47.0 Å². The van der Waals surface area contributed by atoms with Crippen LogP contribution in [0.25, 0.3) is 0 Å². The Morgan fingerprint density at radius 2 is 1.85 bits per heavy atom. The molecule has 0 aliphatic rings. The maximum Gasteiger partial charge on any atom is 0.0168 e. The van der Waals surface area contributed by atoms with Crippen molar-refractivity contribution in [2.45, 2.75) is 47.0 Å². The van der Waals surface area contributed by atoms with Crippen LogP contribution in [0.15, 0.2) is 12.3 Å². The summed E-state index contributed by atoms with van der Waals surface area (Å²) in [6.45, 7) is 14.3. The Hall–Kier alpha value is -0.460. The lowest BCUT2D eigenvalue weighted by Crippen LogP contribution is -2.19. The van der Waals surface area contributed by atoms with Crippen LogP contribution < -0.4 is 0 Å². The summed E-state index contributed by atoms with van der Waals surface area (Å²) < 4.78 is 0. The number of nitrogens with zero attached hydrogens (tertiary/aromatic N) is 1. The van der Waals surface area contributed by atoms with Gasteiger partial charge in [0, 0.05) is 19.3 Å². The first-order valence-electron chi connectivity index (χ1n) is 5.25. The molecule has 0 aliphatic carbocycles. The van der Waals surface area contributed by atoms with Gasteiger partial charge in [-0.3, -0.25) is 0 Å². The molecule has 0 fully saturated rings. The molecule has 0 spiro atoms. The highest BCUT2D eigenvalue weighted by Gasteiger charge is 2.11. The Morgan fingerprint density at radius 1 is 1.31 bits per heavy atom. The van der Waals surface area contributed by atoms with E-state index in [1.54, 1.807) is 0 Å². The lowest BCUT2D eigenvalue weighted by molar-refractivity contribution is 0.338. The topological polar surface area (TPSA) is 3.24 Å². The summed E-state index contributed by atoms with van der Waals surface area (Å²) in [5.41, 5.74) is 1.70. The van der Waals surface area contributed by atoms with E-state index in [0.29, 0.717) is 5.41 Å². The van der Waals surface area contributed by atoms with Crippen LogP contribution in [0.4, 0.5) is 0 Å². The van der Waals surface area contributed by atoms with Gasteiger partial charge >= 0.3 is 0 Å². The van der Waals surface area contributed by atoms with E-state index in [9.17, 15) is 0 Å². The largest absolute Gasteiger partial charge is 0.378 e. The molecule has 0 saturated heterocycles. The summed E-state index contributed by atoms with van der Waals surface area (Å²) in [5.74, 6) is 0. The molecule has 13 heavy (non-hydrogen) atoms. The number of hydrogen-bond acceptors (Lipinski definition) is 1. The molecule has 1 heteroatoms. The van der Waals surface area contributed by atoms with E-state index >= 15 is 0 Å². The molecule has 0 aliphatic heterocycles. The van der Waals surface area contributed by atoms with Crippen LogP contribution in [-0.2, 0) is 0 Å². The summed E-state index contributed by atoms with van der Waals surface area (Å²) in [6.07, 6.45) is 3.55. The molecule has 0 saturated carbocycles. The van der Waals surface area contributed by atoms with Gasteiger partial charge in [0.1, 0.15) is 0 Å². The molecule has 0 atom stereocenters. The van der Waals surface area contributed by atoms with E-state index in [-0.39, 0.29) is 0 Å². The van der Waals surface area contributed by atoms with Crippen LogP contribution in [0.3, 0.4) is 0 Å². The molecule has 78 valence electrons. The summed E-state index contributed by atoms with van der Waals surface area (Å²) in [5, 5.41) is 0. The van der Waals surface area contributed by atoms with E-state index in [2.05, 4.69) is 46.2 Å². The van der Waals surface area contributed by atoms with E-state index in [1.807, 2.05) is 0 Å². The summed E-state index contributed by atoms with van der Waals surface area (Å²) in [6, 6.07) is 0. The molecule has 0 bridgehead atoms. The standard InChI is InChI=1S/C12H25N/c1-7-10-13(6)11(2)8-9-12(3,4)5/h2,7-10H2,1,3-6H3. The van der Waals surface area contributed by atoms with E-state index in [4.69, 9.17) is 0 Å². The average Bonchev–Trinajstić information content (AvgIpc) is 1.99. The lowest BCUT2D eigenvalue weighted by atomic mass is 9.90. The predicted octanol–water partition coefficient (Wildman–Crippen LogP) is 3.67.